The predicted octanol–water partition coefficient (Wildman–Crippen LogP) is 2.34. The summed E-state index contributed by atoms with van der Waals surface area (Å²) in [5.74, 6) is -0.323. The molecule has 0 spiro atoms. The normalized spacial score (nSPS) is 10.3. The Bertz CT molecular complexity index is 504. The number of aryl methyl sites for hydroxylation is 1. The molecular weight excluding hydrogens is 204 g/mol. The van der Waals surface area contributed by atoms with Gasteiger partial charge in [0.25, 0.3) is 0 Å². The van der Waals surface area contributed by atoms with Crippen LogP contribution in [0.1, 0.15) is 22.8 Å². The number of nitrogens with one attached hydrogen (secondary N) is 1. The van der Waals surface area contributed by atoms with Crippen molar-refractivity contribution in [3.8, 4) is 11.4 Å². The highest BCUT2D eigenvalue weighted by atomic mass is 16.4. The van der Waals surface area contributed by atoms with Crippen molar-refractivity contribution in [2.45, 2.75) is 13.3 Å². The molecule has 0 amide bonds. The van der Waals surface area contributed by atoms with E-state index in [0.29, 0.717) is 23.4 Å². The van der Waals surface area contributed by atoms with Gasteiger partial charge in [-0.05, 0) is 12.0 Å². The van der Waals surface area contributed by atoms with E-state index in [4.69, 9.17) is 0 Å². The van der Waals surface area contributed by atoms with Crippen molar-refractivity contribution in [2.75, 3.05) is 0 Å². The first kappa shape index (κ1) is 10.4. The largest absolute Gasteiger partial charge is 0.478 e. The molecular formula is C12H12N2O2. The van der Waals surface area contributed by atoms with Crippen molar-refractivity contribution in [3.05, 3.63) is 41.7 Å². The fourth-order valence-electron chi connectivity index (χ4n) is 1.76. The lowest BCUT2D eigenvalue weighted by Crippen LogP contribution is -2.05. The lowest BCUT2D eigenvalue weighted by atomic mass is 9.99. The Balaban J connectivity index is 2.65. The maximum absolute atomic E-state index is 11.3. The highest BCUT2D eigenvalue weighted by Gasteiger charge is 2.16. The van der Waals surface area contributed by atoms with Gasteiger partial charge in [0.05, 0.1) is 5.56 Å². The molecule has 4 heteroatoms. The number of carboxylic acid groups (broad SMARTS) is 1. The molecule has 0 bridgehead atoms. The number of aromatic carboxylic acids is 1. The first-order valence-electron chi connectivity index (χ1n) is 5.09. The smallest absolute Gasteiger partial charge is 0.336 e. The van der Waals surface area contributed by atoms with E-state index in [1.165, 1.54) is 0 Å². The van der Waals surface area contributed by atoms with E-state index in [1.807, 2.05) is 19.1 Å². The van der Waals surface area contributed by atoms with Crippen LogP contribution in [0.3, 0.4) is 0 Å². The summed E-state index contributed by atoms with van der Waals surface area (Å²) in [7, 11) is 0. The van der Waals surface area contributed by atoms with Gasteiger partial charge in [-0.1, -0.05) is 25.1 Å². The Morgan fingerprint density at radius 2 is 2.31 bits per heavy atom. The Morgan fingerprint density at radius 1 is 1.50 bits per heavy atom. The molecule has 82 valence electrons. The van der Waals surface area contributed by atoms with Crippen LogP contribution >= 0.6 is 0 Å². The zero-order valence-corrected chi connectivity index (χ0v) is 8.90. The molecule has 0 fully saturated rings. The second-order valence-corrected chi connectivity index (χ2v) is 3.44. The van der Waals surface area contributed by atoms with Gasteiger partial charge in [0.2, 0.25) is 0 Å². The van der Waals surface area contributed by atoms with Gasteiger partial charge >= 0.3 is 5.97 Å². The average molecular weight is 216 g/mol. The van der Waals surface area contributed by atoms with Crippen LogP contribution in [-0.2, 0) is 6.42 Å². The summed E-state index contributed by atoms with van der Waals surface area (Å²) < 4.78 is 0. The lowest BCUT2D eigenvalue weighted by molar-refractivity contribution is 0.0696. The minimum atomic E-state index is -0.913. The zero-order chi connectivity index (χ0) is 11.5. The first-order chi connectivity index (χ1) is 7.74. The third-order valence-electron chi connectivity index (χ3n) is 2.50. The molecule has 2 N–H and O–H groups in total. The van der Waals surface area contributed by atoms with E-state index in [1.54, 1.807) is 18.5 Å². The number of aromatic amines is 1. The van der Waals surface area contributed by atoms with Gasteiger partial charge < -0.3 is 10.1 Å². The Hall–Kier alpha value is -2.10. The molecule has 0 aliphatic carbocycles. The number of imidazole rings is 1. The van der Waals surface area contributed by atoms with E-state index < -0.39 is 5.97 Å². The van der Waals surface area contributed by atoms with Crippen LogP contribution in [0.5, 0.6) is 0 Å². The van der Waals surface area contributed by atoms with Crippen molar-refractivity contribution in [1.82, 2.24) is 9.97 Å². The molecule has 0 unspecified atom stereocenters. The van der Waals surface area contributed by atoms with Crippen molar-refractivity contribution < 1.29 is 9.90 Å². The van der Waals surface area contributed by atoms with Gasteiger partial charge in [0.15, 0.2) is 0 Å². The van der Waals surface area contributed by atoms with E-state index in [-0.39, 0.29) is 0 Å². The van der Waals surface area contributed by atoms with Crippen LogP contribution in [0.15, 0.2) is 30.6 Å². The molecule has 0 aliphatic rings. The molecule has 0 atom stereocenters. The van der Waals surface area contributed by atoms with Crippen molar-refractivity contribution >= 4 is 5.97 Å². The Labute approximate surface area is 93.0 Å². The van der Waals surface area contributed by atoms with Gasteiger partial charge in [-0.25, -0.2) is 9.78 Å². The molecule has 2 rings (SSSR count). The number of carbonyl (C=O) groups is 1. The summed E-state index contributed by atoms with van der Waals surface area (Å²) in [4.78, 5) is 18.3. The van der Waals surface area contributed by atoms with E-state index in [0.717, 1.165) is 5.56 Å². The van der Waals surface area contributed by atoms with Crippen LogP contribution < -0.4 is 0 Å². The molecule has 2 aromatic rings. The fraction of sp³-hybridized carbons (Fsp3) is 0.167. The minimum Gasteiger partial charge on any atom is -0.478 e. The maximum atomic E-state index is 11.3. The first-order valence-corrected chi connectivity index (χ1v) is 5.09. The molecule has 16 heavy (non-hydrogen) atoms. The second-order valence-electron chi connectivity index (χ2n) is 3.44. The van der Waals surface area contributed by atoms with Gasteiger partial charge in [0.1, 0.15) is 5.82 Å². The van der Waals surface area contributed by atoms with Gasteiger partial charge in [-0.15, -0.1) is 0 Å². The predicted molar refractivity (Wildman–Crippen MR) is 60.4 cm³/mol. The number of nitrogens with zero attached hydrogens (tertiary/aromatic N) is 1. The number of hydrogen-bond acceptors (Lipinski definition) is 2. The van der Waals surface area contributed by atoms with Crippen LogP contribution in [0.2, 0.25) is 0 Å². The molecule has 0 saturated heterocycles. The van der Waals surface area contributed by atoms with Gasteiger partial charge in [0, 0.05) is 18.0 Å². The summed E-state index contributed by atoms with van der Waals surface area (Å²) in [6.45, 7) is 1.94. The molecule has 4 nitrogen and oxygen atoms in total. The fourth-order valence-corrected chi connectivity index (χ4v) is 1.76. The maximum Gasteiger partial charge on any atom is 0.336 e. The van der Waals surface area contributed by atoms with E-state index >= 15 is 0 Å². The number of benzene rings is 1. The molecule has 1 heterocycles. The van der Waals surface area contributed by atoms with E-state index in [9.17, 15) is 9.90 Å². The topological polar surface area (TPSA) is 66.0 Å². The highest BCUT2D eigenvalue weighted by molar-refractivity contribution is 5.96. The SMILES string of the molecule is CCc1cccc(-c2ncc[nH]2)c1C(=O)O. The number of aromatic nitrogens is 2. The van der Waals surface area contributed by atoms with Crippen LogP contribution in [0.25, 0.3) is 11.4 Å². The Kier molecular flexibility index (Phi) is 2.72. The van der Waals surface area contributed by atoms with Crippen molar-refractivity contribution in [3.63, 3.8) is 0 Å². The number of carboxylic acids is 1. The summed E-state index contributed by atoms with van der Waals surface area (Å²) in [6.07, 6.45) is 3.98. The third kappa shape index (κ3) is 1.69. The third-order valence-corrected chi connectivity index (χ3v) is 2.50. The number of hydrogen-bond donors (Lipinski definition) is 2. The van der Waals surface area contributed by atoms with Crippen molar-refractivity contribution in [2.24, 2.45) is 0 Å². The van der Waals surface area contributed by atoms with Crippen LogP contribution in [0, 0.1) is 0 Å². The molecule has 0 radical (unpaired) electrons. The standard InChI is InChI=1S/C12H12N2O2/c1-2-8-4-3-5-9(10(8)12(15)16)11-13-6-7-14-11/h3-7H,2H2,1H3,(H,13,14)(H,15,16). The summed E-state index contributed by atoms with van der Waals surface area (Å²) in [5.41, 5.74) is 1.79. The molecule has 0 aliphatic heterocycles. The van der Waals surface area contributed by atoms with Crippen molar-refractivity contribution in [1.29, 1.82) is 0 Å². The van der Waals surface area contributed by atoms with E-state index in [2.05, 4.69) is 9.97 Å². The second kappa shape index (κ2) is 4.18. The monoisotopic (exact) mass is 216 g/mol. The minimum absolute atomic E-state index is 0.333. The van der Waals surface area contributed by atoms with Gasteiger partial charge in [-0.2, -0.15) is 0 Å². The quantitative estimate of drug-likeness (QED) is 0.827. The molecule has 0 saturated carbocycles. The van der Waals surface area contributed by atoms with Crippen LogP contribution in [0.4, 0.5) is 0 Å². The van der Waals surface area contributed by atoms with Crippen LogP contribution in [-0.4, -0.2) is 21.0 Å². The molecule has 1 aromatic heterocycles. The summed E-state index contributed by atoms with van der Waals surface area (Å²) in [6, 6.07) is 5.44. The zero-order valence-electron chi connectivity index (χ0n) is 8.90. The number of H-pyrrole nitrogens is 1. The average Bonchev–Trinajstić information content (AvgIpc) is 2.81. The highest BCUT2D eigenvalue weighted by Crippen LogP contribution is 2.23. The summed E-state index contributed by atoms with van der Waals surface area (Å²) >= 11 is 0. The number of rotatable bonds is 3. The molecule has 1 aromatic carbocycles. The summed E-state index contributed by atoms with van der Waals surface area (Å²) in [5, 5.41) is 9.23. The Morgan fingerprint density at radius 3 is 2.88 bits per heavy atom. The lowest BCUT2D eigenvalue weighted by Gasteiger charge is -2.08. The van der Waals surface area contributed by atoms with Gasteiger partial charge in [-0.3, -0.25) is 0 Å².